The van der Waals surface area contributed by atoms with Gasteiger partial charge in [0.25, 0.3) is 0 Å². The second-order valence-electron chi connectivity index (χ2n) is 3.88. The minimum Gasteiger partial charge on any atom is -0.595 e. The predicted octanol–water partition coefficient (Wildman–Crippen LogP) is 0.814. The van der Waals surface area contributed by atoms with Gasteiger partial charge < -0.3 is 10.4 Å². The molecule has 0 amide bonds. The number of benzene rings is 2. The fourth-order valence-electron chi connectivity index (χ4n) is 1.67. The second-order valence-corrected chi connectivity index (χ2v) is 4.29. The van der Waals surface area contributed by atoms with Gasteiger partial charge in [-0.3, -0.25) is 0 Å². The molecule has 0 radical (unpaired) electrons. The fourth-order valence-corrected chi connectivity index (χ4v) is 1.96. The minimum absolute atomic E-state index is 0.107. The Hall–Kier alpha value is -1.51. The second kappa shape index (κ2) is 5.64. The van der Waals surface area contributed by atoms with Gasteiger partial charge in [0, 0.05) is 29.8 Å². The monoisotopic (exact) mass is 282 g/mol. The van der Waals surface area contributed by atoms with E-state index in [1.807, 2.05) is 0 Å². The van der Waals surface area contributed by atoms with Crippen LogP contribution < -0.4 is 10.5 Å². The van der Waals surface area contributed by atoms with Crippen LogP contribution in [0.25, 0.3) is 11.1 Å². The van der Waals surface area contributed by atoms with Gasteiger partial charge in [-0.15, -0.1) is 0 Å². The first kappa shape index (κ1) is 13.9. The van der Waals surface area contributed by atoms with Crippen molar-refractivity contribution < 1.29 is 20.9 Å². The molecular weight excluding hydrogens is 272 g/mol. The Kier molecular flexibility index (Phi) is 4.13. The van der Waals surface area contributed by atoms with Crippen molar-refractivity contribution in [3.63, 3.8) is 0 Å². The lowest BCUT2D eigenvalue weighted by Crippen LogP contribution is -2.99. The van der Waals surface area contributed by atoms with Crippen LogP contribution in [-0.4, -0.2) is 10.4 Å². The Bertz CT molecular complexity index is 572. The summed E-state index contributed by atoms with van der Waals surface area (Å²) in [5.74, 6) is 0. The molecule has 2 rings (SSSR count). The van der Waals surface area contributed by atoms with E-state index in [9.17, 15) is 10.4 Å². The average molecular weight is 283 g/mol. The van der Waals surface area contributed by atoms with Crippen LogP contribution in [0, 0.1) is 10.4 Å². The minimum atomic E-state index is -1.05. The average Bonchev–Trinajstić information content (AvgIpc) is 2.38. The summed E-state index contributed by atoms with van der Waals surface area (Å²) in [6.45, 7) is 0. The third-order valence-corrected chi connectivity index (χ3v) is 2.97. The predicted molar refractivity (Wildman–Crippen MR) is 68.4 cm³/mol. The number of hydrogen-bond acceptors (Lipinski definition) is 4. The Morgan fingerprint density at radius 3 is 1.84 bits per heavy atom. The van der Waals surface area contributed by atoms with Crippen molar-refractivity contribution in [1.82, 2.24) is 0 Å². The highest BCUT2D eigenvalue weighted by molar-refractivity contribution is 6.33. The van der Waals surface area contributed by atoms with Gasteiger partial charge in [0.15, 0.2) is 11.4 Å². The van der Waals surface area contributed by atoms with Crippen molar-refractivity contribution in [2.75, 3.05) is 0 Å². The van der Waals surface area contributed by atoms with Crippen molar-refractivity contribution in [3.8, 4) is 11.1 Å². The molecule has 0 saturated heterocycles. The molecule has 0 aliphatic carbocycles. The molecule has 0 saturated carbocycles. The van der Waals surface area contributed by atoms with Crippen LogP contribution in [0.1, 0.15) is 0 Å². The molecular formula is C12H11ClN2O4. The standard InChI is InChI=1S/C12H11ClN2O4/c13-12-7-10(15(18)19)5-6-11(12)8-1-3-9(4-2-8)14(16)17/h1-7,14-16,18H. The molecule has 0 spiro atoms. The van der Waals surface area contributed by atoms with E-state index in [0.717, 1.165) is 5.56 Å². The van der Waals surface area contributed by atoms with Gasteiger partial charge in [-0.05, 0) is 23.8 Å². The highest BCUT2D eigenvalue weighted by Crippen LogP contribution is 2.29. The van der Waals surface area contributed by atoms with Crippen LogP contribution in [0.5, 0.6) is 0 Å². The summed E-state index contributed by atoms with van der Waals surface area (Å²) >= 11 is 6.03. The van der Waals surface area contributed by atoms with Crippen LogP contribution in [0.3, 0.4) is 0 Å². The largest absolute Gasteiger partial charge is 0.595 e. The first-order valence-corrected chi connectivity index (χ1v) is 5.73. The molecule has 0 bridgehead atoms. The molecule has 2 aromatic rings. The molecule has 0 aliphatic rings. The Morgan fingerprint density at radius 1 is 0.842 bits per heavy atom. The lowest BCUT2D eigenvalue weighted by molar-refractivity contribution is -0.991. The van der Waals surface area contributed by atoms with Gasteiger partial charge in [0.05, 0.1) is 5.02 Å². The lowest BCUT2D eigenvalue weighted by atomic mass is 10.0. The van der Waals surface area contributed by atoms with Crippen LogP contribution in [-0.2, 0) is 0 Å². The van der Waals surface area contributed by atoms with E-state index in [0.29, 0.717) is 10.6 Å². The summed E-state index contributed by atoms with van der Waals surface area (Å²) in [7, 11) is 0. The summed E-state index contributed by atoms with van der Waals surface area (Å²) in [5.41, 5.74) is 1.67. The van der Waals surface area contributed by atoms with E-state index >= 15 is 0 Å². The topological polar surface area (TPSA) is 95.5 Å². The molecule has 0 heterocycles. The molecule has 2 atom stereocenters. The summed E-state index contributed by atoms with van der Waals surface area (Å²) in [6.07, 6.45) is 0. The van der Waals surface area contributed by atoms with Crippen LogP contribution in [0.4, 0.5) is 11.4 Å². The first-order valence-electron chi connectivity index (χ1n) is 5.35. The van der Waals surface area contributed by atoms with Gasteiger partial charge in [0.1, 0.15) is 0 Å². The SMILES string of the molecule is [O-][NH+](O)c1ccc(-c2ccc([NH+]([O-])O)cc2Cl)cc1. The Morgan fingerprint density at radius 2 is 1.37 bits per heavy atom. The zero-order valence-electron chi connectivity index (χ0n) is 9.63. The van der Waals surface area contributed by atoms with Gasteiger partial charge in [-0.2, -0.15) is 10.5 Å². The molecule has 0 aliphatic heterocycles. The smallest absolute Gasteiger partial charge is 0.165 e. The molecule has 0 aromatic heterocycles. The fraction of sp³-hybridized carbons (Fsp3) is 0. The zero-order chi connectivity index (χ0) is 14.0. The van der Waals surface area contributed by atoms with Crippen molar-refractivity contribution in [2.45, 2.75) is 0 Å². The van der Waals surface area contributed by atoms with E-state index in [-0.39, 0.29) is 11.4 Å². The lowest BCUT2D eigenvalue weighted by Gasteiger charge is -2.14. The first-order chi connectivity index (χ1) is 8.99. The van der Waals surface area contributed by atoms with Crippen molar-refractivity contribution in [1.29, 1.82) is 0 Å². The molecule has 6 nitrogen and oxygen atoms in total. The number of nitrogens with one attached hydrogen (secondary N) is 2. The summed E-state index contributed by atoms with van der Waals surface area (Å²) in [6, 6.07) is 10.6. The molecule has 100 valence electrons. The maximum Gasteiger partial charge on any atom is 0.165 e. The van der Waals surface area contributed by atoms with E-state index in [1.54, 1.807) is 18.2 Å². The van der Waals surface area contributed by atoms with E-state index in [2.05, 4.69) is 0 Å². The Labute approximate surface area is 113 Å². The molecule has 4 N–H and O–H groups in total. The molecule has 2 unspecified atom stereocenters. The van der Waals surface area contributed by atoms with Crippen LogP contribution in [0.15, 0.2) is 42.5 Å². The zero-order valence-corrected chi connectivity index (χ0v) is 10.4. The number of hydrogen-bond donors (Lipinski definition) is 4. The third-order valence-electron chi connectivity index (χ3n) is 2.66. The maximum absolute atomic E-state index is 10.8. The third kappa shape index (κ3) is 3.09. The molecule has 7 heteroatoms. The molecule has 0 fully saturated rings. The number of halogens is 1. The van der Waals surface area contributed by atoms with Gasteiger partial charge in [-0.25, -0.2) is 10.4 Å². The van der Waals surface area contributed by atoms with Crippen LogP contribution >= 0.6 is 11.6 Å². The highest BCUT2D eigenvalue weighted by atomic mass is 35.5. The van der Waals surface area contributed by atoms with Gasteiger partial charge in [0.2, 0.25) is 0 Å². The summed E-state index contributed by atoms with van der Waals surface area (Å²) in [5, 5.41) is 37.5. The highest BCUT2D eigenvalue weighted by Gasteiger charge is 2.09. The van der Waals surface area contributed by atoms with Gasteiger partial charge in [-0.1, -0.05) is 11.6 Å². The molecule has 2 aromatic carbocycles. The summed E-state index contributed by atoms with van der Waals surface area (Å²) < 4.78 is 0. The number of rotatable bonds is 3. The number of quaternary nitrogens is 2. The van der Waals surface area contributed by atoms with Crippen LogP contribution in [0.2, 0.25) is 5.02 Å². The van der Waals surface area contributed by atoms with Crippen molar-refractivity contribution in [3.05, 3.63) is 57.9 Å². The summed E-state index contributed by atoms with van der Waals surface area (Å²) in [4.78, 5) is 0. The maximum atomic E-state index is 10.8. The van der Waals surface area contributed by atoms with E-state index in [1.165, 1.54) is 24.3 Å². The van der Waals surface area contributed by atoms with E-state index < -0.39 is 10.5 Å². The van der Waals surface area contributed by atoms with Crippen molar-refractivity contribution in [2.24, 2.45) is 0 Å². The molecule has 19 heavy (non-hydrogen) atoms. The quantitative estimate of drug-likeness (QED) is 0.627. The van der Waals surface area contributed by atoms with Gasteiger partial charge >= 0.3 is 0 Å². The Balaban J connectivity index is 2.36. The normalized spacial score (nSPS) is 14.2. The van der Waals surface area contributed by atoms with Crippen molar-refractivity contribution >= 4 is 23.0 Å². The van der Waals surface area contributed by atoms with E-state index in [4.69, 9.17) is 22.0 Å².